The number of benzene rings is 3. The summed E-state index contributed by atoms with van der Waals surface area (Å²) in [5.41, 5.74) is 2.90. The van der Waals surface area contributed by atoms with Crippen LogP contribution in [0.3, 0.4) is 0 Å². The quantitative estimate of drug-likeness (QED) is 0.433. The number of β-amino-alcohol motifs (C(OH)–C–C–N with tert-alkyl or cyclic N) is 1. The van der Waals surface area contributed by atoms with E-state index < -0.39 is 17.8 Å². The summed E-state index contributed by atoms with van der Waals surface area (Å²) in [6.07, 6.45) is 0.302. The van der Waals surface area contributed by atoms with Gasteiger partial charge in [-0.1, -0.05) is 90.5 Å². The standard InChI is InChI=1S/C30H35NO4/c1-23-9-8-10-24(19-23)20-28(29(33)25-11-4-2-5-12-25)35-22-27(32)21-31-17-15-30(34,16-18-31)26-13-6-3-7-14-26/h2-14,19,27-28,32,34H,15-18,20-22H2,1H3. The van der Waals surface area contributed by atoms with Crippen LogP contribution in [-0.2, 0) is 16.8 Å². The molecule has 35 heavy (non-hydrogen) atoms. The lowest BCUT2D eigenvalue weighted by atomic mass is 9.84. The number of aliphatic hydroxyl groups is 2. The topological polar surface area (TPSA) is 70.0 Å². The normalized spacial score (nSPS) is 17.6. The Hall–Kier alpha value is -2.83. The largest absolute Gasteiger partial charge is 0.389 e. The van der Waals surface area contributed by atoms with Crippen LogP contribution in [0, 0.1) is 6.92 Å². The number of likely N-dealkylation sites (tertiary alicyclic amines) is 1. The number of hydrogen-bond acceptors (Lipinski definition) is 5. The van der Waals surface area contributed by atoms with Crippen molar-refractivity contribution in [3.05, 3.63) is 107 Å². The third kappa shape index (κ3) is 6.86. The van der Waals surface area contributed by atoms with Crippen LogP contribution in [0.15, 0.2) is 84.9 Å². The van der Waals surface area contributed by atoms with Crippen molar-refractivity contribution in [3.8, 4) is 0 Å². The molecule has 0 aliphatic carbocycles. The monoisotopic (exact) mass is 473 g/mol. The van der Waals surface area contributed by atoms with E-state index in [2.05, 4.69) is 11.0 Å². The number of ketones is 1. The summed E-state index contributed by atoms with van der Waals surface area (Å²) in [5, 5.41) is 21.8. The Bertz CT molecular complexity index is 1080. The average Bonchev–Trinajstić information content (AvgIpc) is 2.89. The van der Waals surface area contributed by atoms with E-state index in [-0.39, 0.29) is 12.4 Å². The minimum atomic E-state index is -0.819. The molecule has 3 aromatic rings. The highest BCUT2D eigenvalue weighted by molar-refractivity contribution is 5.99. The third-order valence-electron chi connectivity index (χ3n) is 6.81. The summed E-state index contributed by atoms with van der Waals surface area (Å²) in [6.45, 7) is 3.94. The third-order valence-corrected chi connectivity index (χ3v) is 6.81. The Kier molecular flexibility index (Phi) is 8.47. The van der Waals surface area contributed by atoms with Crippen LogP contribution in [0.5, 0.6) is 0 Å². The predicted molar refractivity (Wildman–Crippen MR) is 137 cm³/mol. The van der Waals surface area contributed by atoms with Gasteiger partial charge in [0.1, 0.15) is 6.10 Å². The predicted octanol–water partition coefficient (Wildman–Crippen LogP) is 4.15. The second kappa shape index (κ2) is 11.7. The minimum Gasteiger partial charge on any atom is -0.389 e. The van der Waals surface area contributed by atoms with Crippen molar-refractivity contribution in [2.45, 2.75) is 44.0 Å². The van der Waals surface area contributed by atoms with Crippen molar-refractivity contribution < 1.29 is 19.7 Å². The van der Waals surface area contributed by atoms with Gasteiger partial charge >= 0.3 is 0 Å². The molecule has 1 heterocycles. The minimum absolute atomic E-state index is 0.0779. The van der Waals surface area contributed by atoms with Crippen molar-refractivity contribution >= 4 is 5.78 Å². The van der Waals surface area contributed by atoms with Crippen LogP contribution in [-0.4, -0.2) is 59.3 Å². The fourth-order valence-corrected chi connectivity index (χ4v) is 4.79. The molecule has 184 valence electrons. The van der Waals surface area contributed by atoms with Gasteiger partial charge in [-0.05, 0) is 30.9 Å². The summed E-state index contributed by atoms with van der Waals surface area (Å²) in [7, 11) is 0. The van der Waals surface area contributed by atoms with Crippen LogP contribution in [0.25, 0.3) is 0 Å². The molecule has 3 aromatic carbocycles. The van der Waals surface area contributed by atoms with Gasteiger partial charge in [0.2, 0.25) is 0 Å². The molecule has 1 saturated heterocycles. The van der Waals surface area contributed by atoms with Gasteiger partial charge in [0.25, 0.3) is 0 Å². The summed E-state index contributed by atoms with van der Waals surface area (Å²) < 4.78 is 6.04. The fourth-order valence-electron chi connectivity index (χ4n) is 4.79. The van der Waals surface area contributed by atoms with Crippen LogP contribution < -0.4 is 0 Å². The lowest BCUT2D eigenvalue weighted by molar-refractivity contribution is -0.0483. The van der Waals surface area contributed by atoms with Crippen molar-refractivity contribution in [1.29, 1.82) is 0 Å². The molecule has 1 aliphatic heterocycles. The first-order valence-corrected chi connectivity index (χ1v) is 12.4. The molecule has 0 amide bonds. The number of hydrogen-bond donors (Lipinski definition) is 2. The molecular formula is C30H35NO4. The van der Waals surface area contributed by atoms with Crippen molar-refractivity contribution in [2.24, 2.45) is 0 Å². The Morgan fingerprint density at radius 2 is 1.63 bits per heavy atom. The van der Waals surface area contributed by atoms with Gasteiger partial charge in [0.15, 0.2) is 5.78 Å². The molecule has 0 saturated carbocycles. The van der Waals surface area contributed by atoms with Crippen molar-refractivity contribution in [1.82, 2.24) is 4.90 Å². The van der Waals surface area contributed by atoms with Gasteiger partial charge in [-0.2, -0.15) is 0 Å². The number of ether oxygens (including phenoxy) is 1. The molecular weight excluding hydrogens is 438 g/mol. The van der Waals surface area contributed by atoms with E-state index in [1.807, 2.05) is 73.7 Å². The first-order chi connectivity index (χ1) is 16.9. The Labute approximate surface area is 208 Å². The Balaban J connectivity index is 1.33. The maximum absolute atomic E-state index is 13.2. The number of piperidine rings is 1. The van der Waals surface area contributed by atoms with E-state index in [1.54, 1.807) is 12.1 Å². The highest BCUT2D eigenvalue weighted by Gasteiger charge is 2.34. The summed E-state index contributed by atoms with van der Waals surface area (Å²) in [4.78, 5) is 15.4. The van der Waals surface area contributed by atoms with E-state index in [0.29, 0.717) is 44.5 Å². The highest BCUT2D eigenvalue weighted by atomic mass is 16.5. The lowest BCUT2D eigenvalue weighted by Crippen LogP contribution is -2.46. The van der Waals surface area contributed by atoms with E-state index in [1.165, 1.54) is 0 Å². The highest BCUT2D eigenvalue weighted by Crippen LogP contribution is 2.32. The van der Waals surface area contributed by atoms with Gasteiger partial charge in [0.05, 0.1) is 18.3 Å². The number of rotatable bonds is 10. The molecule has 2 atom stereocenters. The average molecular weight is 474 g/mol. The summed E-state index contributed by atoms with van der Waals surface area (Å²) in [5.74, 6) is -0.0785. The second-order valence-electron chi connectivity index (χ2n) is 9.60. The molecule has 0 radical (unpaired) electrons. The van der Waals surface area contributed by atoms with E-state index in [4.69, 9.17) is 4.74 Å². The molecule has 2 unspecified atom stereocenters. The zero-order chi connectivity index (χ0) is 24.7. The fraction of sp³-hybridized carbons (Fsp3) is 0.367. The molecule has 1 aliphatic rings. The van der Waals surface area contributed by atoms with Crippen LogP contribution >= 0.6 is 0 Å². The first kappa shape index (κ1) is 25.3. The molecule has 1 fully saturated rings. The maximum atomic E-state index is 13.2. The number of nitrogens with zero attached hydrogens (tertiary/aromatic N) is 1. The maximum Gasteiger partial charge on any atom is 0.191 e. The van der Waals surface area contributed by atoms with Gasteiger partial charge < -0.3 is 19.8 Å². The number of Topliss-reactive ketones (excluding diaryl/α,β-unsaturated/α-hetero) is 1. The Morgan fingerprint density at radius 3 is 2.29 bits per heavy atom. The van der Waals surface area contributed by atoms with Crippen molar-refractivity contribution in [3.63, 3.8) is 0 Å². The number of carbonyl (C=O) groups is 1. The van der Waals surface area contributed by atoms with Gasteiger partial charge in [-0.25, -0.2) is 0 Å². The summed E-state index contributed by atoms with van der Waals surface area (Å²) in [6, 6.07) is 27.0. The molecule has 4 rings (SSSR count). The van der Waals surface area contributed by atoms with Gasteiger partial charge in [0, 0.05) is 31.6 Å². The van der Waals surface area contributed by atoms with E-state index in [9.17, 15) is 15.0 Å². The van der Waals surface area contributed by atoms with Gasteiger partial charge in [-0.15, -0.1) is 0 Å². The van der Waals surface area contributed by atoms with Crippen LogP contribution in [0.1, 0.15) is 39.9 Å². The SMILES string of the molecule is Cc1cccc(CC(OCC(O)CN2CCC(O)(c3ccccc3)CC2)C(=O)c2ccccc2)c1. The summed E-state index contributed by atoms with van der Waals surface area (Å²) >= 11 is 0. The zero-order valence-corrected chi connectivity index (χ0v) is 20.3. The Morgan fingerprint density at radius 1 is 0.971 bits per heavy atom. The van der Waals surface area contributed by atoms with Crippen LogP contribution in [0.2, 0.25) is 0 Å². The van der Waals surface area contributed by atoms with E-state index >= 15 is 0 Å². The zero-order valence-electron chi connectivity index (χ0n) is 20.3. The van der Waals surface area contributed by atoms with Crippen LogP contribution in [0.4, 0.5) is 0 Å². The lowest BCUT2D eigenvalue weighted by Gasteiger charge is -2.39. The van der Waals surface area contributed by atoms with E-state index in [0.717, 1.165) is 16.7 Å². The van der Waals surface area contributed by atoms with Gasteiger partial charge in [-0.3, -0.25) is 4.79 Å². The molecule has 5 heteroatoms. The molecule has 5 nitrogen and oxygen atoms in total. The second-order valence-corrected chi connectivity index (χ2v) is 9.60. The molecule has 0 bridgehead atoms. The molecule has 2 N–H and O–H groups in total. The first-order valence-electron chi connectivity index (χ1n) is 12.4. The number of carbonyl (C=O) groups excluding carboxylic acids is 1. The molecule has 0 aromatic heterocycles. The number of aryl methyl sites for hydroxylation is 1. The number of aliphatic hydroxyl groups excluding tert-OH is 1. The van der Waals surface area contributed by atoms with Crippen molar-refractivity contribution in [2.75, 3.05) is 26.2 Å². The smallest absolute Gasteiger partial charge is 0.191 e. The molecule has 0 spiro atoms.